The average Bonchev–Trinajstić information content (AvgIpc) is 3.30. The molecule has 1 aliphatic heterocycles. The summed E-state index contributed by atoms with van der Waals surface area (Å²) in [5.41, 5.74) is 5.36. The Bertz CT molecular complexity index is 1290. The van der Waals surface area contributed by atoms with E-state index in [9.17, 15) is 4.79 Å². The Morgan fingerprint density at radius 1 is 1.09 bits per heavy atom. The predicted octanol–water partition coefficient (Wildman–Crippen LogP) is 4.32. The van der Waals surface area contributed by atoms with Gasteiger partial charge in [-0.15, -0.1) is 0 Å². The van der Waals surface area contributed by atoms with Crippen LogP contribution in [-0.2, 0) is 22.5 Å². The molecule has 0 saturated carbocycles. The lowest BCUT2D eigenvalue weighted by Gasteiger charge is -2.29. The number of hydrogen-bond donors (Lipinski definition) is 2. The largest absolute Gasteiger partial charge is 0.497 e. The van der Waals surface area contributed by atoms with E-state index in [1.165, 1.54) is 0 Å². The van der Waals surface area contributed by atoms with E-state index in [0.717, 1.165) is 57.9 Å². The number of rotatable bonds is 8. The molecular weight excluding hydrogens is 440 g/mol. The van der Waals surface area contributed by atoms with Crippen LogP contribution in [0.4, 0.5) is 5.82 Å². The van der Waals surface area contributed by atoms with Crippen molar-refractivity contribution in [2.45, 2.75) is 19.4 Å². The Morgan fingerprint density at radius 3 is 2.69 bits per heavy atom. The lowest BCUT2D eigenvalue weighted by molar-refractivity contribution is -0.121. The van der Waals surface area contributed by atoms with Crippen LogP contribution in [0.2, 0.25) is 0 Å². The number of morpholine rings is 1. The third-order valence-electron chi connectivity index (χ3n) is 6.45. The molecule has 35 heavy (non-hydrogen) atoms. The molecule has 0 radical (unpaired) electrons. The number of ether oxygens (including phenoxy) is 2. The van der Waals surface area contributed by atoms with E-state index in [1.54, 1.807) is 13.3 Å². The molecule has 2 aromatic carbocycles. The van der Waals surface area contributed by atoms with Crippen molar-refractivity contribution >= 4 is 22.6 Å². The second-order valence-electron chi connectivity index (χ2n) is 8.61. The molecule has 0 unspecified atom stereocenters. The maximum absolute atomic E-state index is 12.9. The zero-order valence-electron chi connectivity index (χ0n) is 19.9. The number of hydrogen-bond acceptors (Lipinski definition) is 5. The summed E-state index contributed by atoms with van der Waals surface area (Å²) in [5, 5.41) is 4.25. The summed E-state index contributed by atoms with van der Waals surface area (Å²) in [6.45, 7) is 3.48. The van der Waals surface area contributed by atoms with Crippen LogP contribution in [-0.4, -0.2) is 49.3 Å². The van der Waals surface area contributed by atoms with Crippen LogP contribution in [0.3, 0.4) is 0 Å². The van der Waals surface area contributed by atoms with Crippen molar-refractivity contribution in [3.63, 3.8) is 0 Å². The number of aryl methyl sites for hydroxylation is 1. The highest BCUT2D eigenvalue weighted by Gasteiger charge is 2.17. The zero-order valence-corrected chi connectivity index (χ0v) is 19.9. The zero-order chi connectivity index (χ0) is 24.0. The molecule has 0 aliphatic carbocycles. The first-order valence-corrected chi connectivity index (χ1v) is 12.0. The number of benzene rings is 2. The van der Waals surface area contributed by atoms with E-state index in [1.807, 2.05) is 48.5 Å². The van der Waals surface area contributed by atoms with Gasteiger partial charge in [0.1, 0.15) is 11.6 Å². The van der Waals surface area contributed by atoms with Gasteiger partial charge in [-0.3, -0.25) is 4.79 Å². The van der Waals surface area contributed by atoms with Crippen molar-refractivity contribution in [2.75, 3.05) is 38.3 Å². The second kappa shape index (κ2) is 10.6. The molecule has 0 spiro atoms. The molecule has 1 fully saturated rings. The number of aromatic nitrogens is 2. The van der Waals surface area contributed by atoms with Crippen LogP contribution in [0.25, 0.3) is 22.2 Å². The highest BCUT2D eigenvalue weighted by atomic mass is 16.5. The summed E-state index contributed by atoms with van der Waals surface area (Å²) >= 11 is 0. The summed E-state index contributed by atoms with van der Waals surface area (Å²) in [6, 6.07) is 20.2. The van der Waals surface area contributed by atoms with Crippen molar-refractivity contribution in [3.8, 4) is 17.0 Å². The molecule has 1 saturated heterocycles. The lowest BCUT2D eigenvalue weighted by Crippen LogP contribution is -2.37. The SMILES string of the molecule is COc1ccc(-c2[nH]c3ccccc3c2CCC(=O)NCc2cccnc2N2CCOCC2)cc1. The summed E-state index contributed by atoms with van der Waals surface area (Å²) in [6.07, 6.45) is 2.84. The van der Waals surface area contributed by atoms with E-state index in [-0.39, 0.29) is 5.91 Å². The smallest absolute Gasteiger partial charge is 0.220 e. The first-order chi connectivity index (χ1) is 17.2. The first kappa shape index (κ1) is 22.9. The summed E-state index contributed by atoms with van der Waals surface area (Å²) in [4.78, 5) is 23.2. The Morgan fingerprint density at radius 2 is 1.89 bits per heavy atom. The molecule has 7 nitrogen and oxygen atoms in total. The number of fused-ring (bicyclic) bond motifs is 1. The number of anilines is 1. The highest BCUT2D eigenvalue weighted by molar-refractivity contribution is 5.91. The number of nitrogens with zero attached hydrogens (tertiary/aromatic N) is 2. The van der Waals surface area contributed by atoms with E-state index < -0.39 is 0 Å². The number of carbonyl (C=O) groups is 1. The van der Waals surface area contributed by atoms with Gasteiger partial charge in [0.05, 0.1) is 20.3 Å². The summed E-state index contributed by atoms with van der Waals surface area (Å²) in [7, 11) is 1.66. The normalized spacial score (nSPS) is 13.7. The van der Waals surface area contributed by atoms with Crippen LogP contribution in [0.5, 0.6) is 5.75 Å². The number of carbonyl (C=O) groups excluding carboxylic acids is 1. The molecule has 0 bridgehead atoms. The fraction of sp³-hybridized carbons (Fsp3) is 0.286. The summed E-state index contributed by atoms with van der Waals surface area (Å²) < 4.78 is 10.8. The third kappa shape index (κ3) is 5.15. The number of H-pyrrole nitrogens is 1. The van der Waals surface area contributed by atoms with Gasteiger partial charge >= 0.3 is 0 Å². The van der Waals surface area contributed by atoms with Gasteiger partial charge < -0.3 is 24.7 Å². The van der Waals surface area contributed by atoms with Gasteiger partial charge in [-0.25, -0.2) is 4.98 Å². The maximum atomic E-state index is 12.9. The number of methoxy groups -OCH3 is 1. The molecule has 7 heteroatoms. The van der Waals surface area contributed by atoms with Crippen LogP contribution < -0.4 is 15.0 Å². The van der Waals surface area contributed by atoms with Gasteiger partial charge in [0, 0.05) is 54.4 Å². The lowest BCUT2D eigenvalue weighted by atomic mass is 10.0. The molecule has 0 atom stereocenters. The van der Waals surface area contributed by atoms with Crippen molar-refractivity contribution in [1.29, 1.82) is 0 Å². The Labute approximate surface area is 205 Å². The minimum absolute atomic E-state index is 0.0211. The molecule has 1 aliphatic rings. The molecule has 1 amide bonds. The van der Waals surface area contributed by atoms with Gasteiger partial charge in [0.2, 0.25) is 5.91 Å². The Balaban J connectivity index is 1.29. The minimum Gasteiger partial charge on any atom is -0.497 e. The standard InChI is InChI=1S/C28H30N4O3/c1-34-22-10-8-20(9-11-22)27-24(23-6-2-3-7-25(23)31-27)12-13-26(33)30-19-21-5-4-14-29-28(21)32-15-17-35-18-16-32/h2-11,14,31H,12-13,15-19H2,1H3,(H,30,33). The number of nitrogens with one attached hydrogen (secondary N) is 2. The van der Waals surface area contributed by atoms with Crippen molar-refractivity contribution in [1.82, 2.24) is 15.3 Å². The number of para-hydroxylation sites is 1. The molecule has 4 aromatic rings. The van der Waals surface area contributed by atoms with Crippen molar-refractivity contribution < 1.29 is 14.3 Å². The Kier molecular flexibility index (Phi) is 6.95. The number of pyridine rings is 1. The third-order valence-corrected chi connectivity index (χ3v) is 6.45. The molecule has 5 rings (SSSR count). The molecule has 2 N–H and O–H groups in total. The highest BCUT2D eigenvalue weighted by Crippen LogP contribution is 2.32. The minimum atomic E-state index is 0.0211. The van der Waals surface area contributed by atoms with Crippen molar-refractivity contribution in [2.24, 2.45) is 0 Å². The molecule has 3 heterocycles. The van der Waals surface area contributed by atoms with E-state index in [0.29, 0.717) is 32.6 Å². The number of aromatic amines is 1. The molecular formula is C28H30N4O3. The van der Waals surface area contributed by atoms with Gasteiger partial charge in [-0.1, -0.05) is 24.3 Å². The first-order valence-electron chi connectivity index (χ1n) is 12.0. The topological polar surface area (TPSA) is 79.5 Å². The van der Waals surface area contributed by atoms with Crippen LogP contribution in [0, 0.1) is 0 Å². The van der Waals surface area contributed by atoms with Gasteiger partial charge in [0.15, 0.2) is 0 Å². The second-order valence-corrected chi connectivity index (χ2v) is 8.61. The maximum Gasteiger partial charge on any atom is 0.220 e. The molecule has 2 aromatic heterocycles. The van der Waals surface area contributed by atoms with Gasteiger partial charge in [0.25, 0.3) is 0 Å². The van der Waals surface area contributed by atoms with Gasteiger partial charge in [-0.05, 0) is 53.9 Å². The van der Waals surface area contributed by atoms with Gasteiger partial charge in [-0.2, -0.15) is 0 Å². The van der Waals surface area contributed by atoms with Crippen LogP contribution >= 0.6 is 0 Å². The Hall–Kier alpha value is -3.84. The number of amides is 1. The monoisotopic (exact) mass is 470 g/mol. The van der Waals surface area contributed by atoms with Crippen molar-refractivity contribution in [3.05, 3.63) is 78.0 Å². The van der Waals surface area contributed by atoms with E-state index >= 15 is 0 Å². The van der Waals surface area contributed by atoms with E-state index in [2.05, 4.69) is 32.3 Å². The predicted molar refractivity (Wildman–Crippen MR) is 138 cm³/mol. The van der Waals surface area contributed by atoms with E-state index in [4.69, 9.17) is 9.47 Å². The quantitative estimate of drug-likeness (QED) is 0.401. The fourth-order valence-corrected chi connectivity index (χ4v) is 4.61. The molecule has 180 valence electrons. The van der Waals surface area contributed by atoms with Crippen LogP contribution in [0.15, 0.2) is 66.9 Å². The summed E-state index contributed by atoms with van der Waals surface area (Å²) in [5.74, 6) is 1.76. The average molecular weight is 471 g/mol. The van der Waals surface area contributed by atoms with Crippen LogP contribution in [0.1, 0.15) is 17.5 Å². The fourth-order valence-electron chi connectivity index (χ4n) is 4.61.